The van der Waals surface area contributed by atoms with Crippen LogP contribution < -0.4 is 15.8 Å². The molecule has 1 aliphatic heterocycles. The lowest BCUT2D eigenvalue weighted by Crippen LogP contribution is -2.39. The maximum absolute atomic E-state index is 6.24. The van der Waals surface area contributed by atoms with Crippen LogP contribution in [0.4, 0.5) is 5.69 Å². The first-order chi connectivity index (χ1) is 11.3. The summed E-state index contributed by atoms with van der Waals surface area (Å²) in [5, 5.41) is 3.58. The normalized spacial score (nSPS) is 20.2. The van der Waals surface area contributed by atoms with E-state index in [0.29, 0.717) is 6.61 Å². The molecule has 2 atom stereocenters. The summed E-state index contributed by atoms with van der Waals surface area (Å²) >= 11 is 0. The lowest BCUT2D eigenvalue weighted by Gasteiger charge is -2.33. The Balaban J connectivity index is 0.00000208. The largest absolute Gasteiger partial charge is 0.496 e. The van der Waals surface area contributed by atoms with Gasteiger partial charge in [0.1, 0.15) is 5.75 Å². The van der Waals surface area contributed by atoms with Crippen LogP contribution in [0.25, 0.3) is 0 Å². The molecule has 1 saturated heterocycles. The molecular formula is C19H25ClN2O2. The summed E-state index contributed by atoms with van der Waals surface area (Å²) in [5.74, 6) is 0.819. The molecule has 4 nitrogen and oxygen atoms in total. The molecule has 0 spiro atoms. The van der Waals surface area contributed by atoms with Crippen LogP contribution in [-0.4, -0.2) is 19.8 Å². The van der Waals surface area contributed by atoms with Crippen molar-refractivity contribution in [1.29, 1.82) is 0 Å². The number of halogens is 1. The number of hydrogen-bond donors (Lipinski definition) is 2. The number of benzene rings is 2. The summed E-state index contributed by atoms with van der Waals surface area (Å²) in [6.45, 7) is 1.53. The predicted octanol–water partition coefficient (Wildman–Crippen LogP) is 3.71. The molecule has 2 aromatic carbocycles. The van der Waals surface area contributed by atoms with Crippen molar-refractivity contribution in [2.45, 2.75) is 31.6 Å². The van der Waals surface area contributed by atoms with Crippen LogP contribution >= 0.6 is 12.4 Å². The zero-order chi connectivity index (χ0) is 16.1. The molecule has 5 heteroatoms. The molecule has 3 N–H and O–H groups in total. The highest BCUT2D eigenvalue weighted by molar-refractivity contribution is 5.85. The predicted molar refractivity (Wildman–Crippen MR) is 99.7 cm³/mol. The van der Waals surface area contributed by atoms with Gasteiger partial charge >= 0.3 is 0 Å². The quantitative estimate of drug-likeness (QED) is 0.809. The van der Waals surface area contributed by atoms with Crippen molar-refractivity contribution in [1.82, 2.24) is 5.32 Å². The van der Waals surface area contributed by atoms with Crippen molar-refractivity contribution in [3.63, 3.8) is 0 Å². The van der Waals surface area contributed by atoms with Gasteiger partial charge in [-0.3, -0.25) is 0 Å². The van der Waals surface area contributed by atoms with Crippen LogP contribution in [0.2, 0.25) is 0 Å². The Morgan fingerprint density at radius 3 is 2.71 bits per heavy atom. The van der Waals surface area contributed by atoms with E-state index in [1.54, 1.807) is 7.11 Å². The molecule has 0 radical (unpaired) electrons. The molecule has 1 heterocycles. The molecule has 0 aromatic heterocycles. The van der Waals surface area contributed by atoms with E-state index >= 15 is 0 Å². The van der Waals surface area contributed by atoms with Gasteiger partial charge in [0.2, 0.25) is 0 Å². The molecule has 0 aliphatic carbocycles. The van der Waals surface area contributed by atoms with Gasteiger partial charge < -0.3 is 20.5 Å². The lowest BCUT2D eigenvalue weighted by molar-refractivity contribution is -0.00423. The number of rotatable bonds is 5. The number of nitrogens with one attached hydrogen (secondary N) is 1. The highest BCUT2D eigenvalue weighted by Crippen LogP contribution is 2.29. The third-order valence-electron chi connectivity index (χ3n) is 4.32. The molecule has 130 valence electrons. The Morgan fingerprint density at radius 2 is 1.96 bits per heavy atom. The fourth-order valence-corrected chi connectivity index (χ4v) is 3.14. The number of nitrogens with two attached hydrogens (primary N) is 1. The van der Waals surface area contributed by atoms with Gasteiger partial charge in [0, 0.05) is 11.3 Å². The Kier molecular flexibility index (Phi) is 6.91. The monoisotopic (exact) mass is 348 g/mol. The molecule has 1 fully saturated rings. The Hall–Kier alpha value is -1.75. The summed E-state index contributed by atoms with van der Waals surface area (Å²) in [4.78, 5) is 0. The third-order valence-corrected chi connectivity index (χ3v) is 4.32. The number of ether oxygens (including phenoxy) is 2. The second kappa shape index (κ2) is 8.92. The van der Waals surface area contributed by atoms with E-state index in [2.05, 4.69) is 29.6 Å². The zero-order valence-corrected chi connectivity index (χ0v) is 14.7. The van der Waals surface area contributed by atoms with Gasteiger partial charge in [-0.15, -0.1) is 12.4 Å². The van der Waals surface area contributed by atoms with E-state index in [-0.39, 0.29) is 24.6 Å². The first-order valence-corrected chi connectivity index (χ1v) is 8.10. The molecule has 3 rings (SSSR count). The number of nitrogen functional groups attached to an aromatic ring is 1. The summed E-state index contributed by atoms with van der Waals surface area (Å²) in [6, 6.07) is 16.4. The highest BCUT2D eigenvalue weighted by atomic mass is 35.5. The molecule has 0 bridgehead atoms. The summed E-state index contributed by atoms with van der Waals surface area (Å²) in [5.41, 5.74) is 8.88. The molecule has 0 amide bonds. The van der Waals surface area contributed by atoms with Crippen LogP contribution in [0.1, 0.15) is 30.0 Å². The SMILES string of the molecule is COc1ccc(N)cc1CO[C@@H]1CCCN[C@@H]1c1ccccc1.Cl. The average Bonchev–Trinajstić information content (AvgIpc) is 2.61. The number of methoxy groups -OCH3 is 1. The van der Waals surface area contributed by atoms with Crippen molar-refractivity contribution in [2.24, 2.45) is 0 Å². The van der Waals surface area contributed by atoms with Crippen molar-refractivity contribution in [2.75, 3.05) is 19.4 Å². The Morgan fingerprint density at radius 1 is 1.17 bits per heavy atom. The molecule has 0 saturated carbocycles. The van der Waals surface area contributed by atoms with E-state index in [0.717, 1.165) is 36.4 Å². The van der Waals surface area contributed by atoms with Gasteiger partial charge in [0.25, 0.3) is 0 Å². The Bertz CT molecular complexity index is 637. The summed E-state index contributed by atoms with van der Waals surface area (Å²) in [6.07, 6.45) is 2.33. The van der Waals surface area contributed by atoms with Crippen molar-refractivity contribution >= 4 is 18.1 Å². The van der Waals surface area contributed by atoms with E-state index < -0.39 is 0 Å². The van der Waals surface area contributed by atoms with Gasteiger partial charge in [-0.25, -0.2) is 0 Å². The van der Waals surface area contributed by atoms with Gasteiger partial charge in [-0.2, -0.15) is 0 Å². The van der Waals surface area contributed by atoms with E-state index in [1.165, 1.54) is 5.56 Å². The summed E-state index contributed by atoms with van der Waals surface area (Å²) < 4.78 is 11.6. The zero-order valence-electron chi connectivity index (χ0n) is 13.9. The minimum absolute atomic E-state index is 0. The topological polar surface area (TPSA) is 56.5 Å². The Labute approximate surface area is 149 Å². The molecule has 0 unspecified atom stereocenters. The van der Waals surface area contributed by atoms with E-state index in [4.69, 9.17) is 15.2 Å². The number of anilines is 1. The maximum atomic E-state index is 6.24. The van der Waals surface area contributed by atoms with Gasteiger partial charge in [0.15, 0.2) is 0 Å². The lowest BCUT2D eigenvalue weighted by atomic mass is 9.94. The van der Waals surface area contributed by atoms with Crippen LogP contribution in [0, 0.1) is 0 Å². The fraction of sp³-hybridized carbons (Fsp3) is 0.368. The second-order valence-electron chi connectivity index (χ2n) is 5.91. The van der Waals surface area contributed by atoms with Crippen molar-refractivity contribution < 1.29 is 9.47 Å². The summed E-state index contributed by atoms with van der Waals surface area (Å²) in [7, 11) is 1.67. The molecule has 2 aromatic rings. The van der Waals surface area contributed by atoms with E-state index in [1.807, 2.05) is 24.3 Å². The van der Waals surface area contributed by atoms with E-state index in [9.17, 15) is 0 Å². The molecule has 1 aliphatic rings. The molecule has 24 heavy (non-hydrogen) atoms. The highest BCUT2D eigenvalue weighted by Gasteiger charge is 2.27. The first-order valence-electron chi connectivity index (χ1n) is 8.10. The second-order valence-corrected chi connectivity index (χ2v) is 5.91. The van der Waals surface area contributed by atoms with Crippen molar-refractivity contribution in [3.8, 4) is 5.75 Å². The number of piperidine rings is 1. The average molecular weight is 349 g/mol. The minimum Gasteiger partial charge on any atom is -0.496 e. The van der Waals surface area contributed by atoms with Gasteiger partial charge in [-0.1, -0.05) is 30.3 Å². The minimum atomic E-state index is 0. The smallest absolute Gasteiger partial charge is 0.124 e. The van der Waals surface area contributed by atoms with Crippen LogP contribution in [0.15, 0.2) is 48.5 Å². The van der Waals surface area contributed by atoms with Crippen LogP contribution in [0.3, 0.4) is 0 Å². The third kappa shape index (κ3) is 4.41. The van der Waals surface area contributed by atoms with Crippen LogP contribution in [-0.2, 0) is 11.3 Å². The molecular weight excluding hydrogens is 324 g/mol. The number of hydrogen-bond acceptors (Lipinski definition) is 4. The first kappa shape index (κ1) is 18.6. The fourth-order valence-electron chi connectivity index (χ4n) is 3.14. The standard InChI is InChI=1S/C19H24N2O2.ClH/c1-22-17-10-9-16(20)12-15(17)13-23-18-8-5-11-21-19(18)14-6-3-2-4-7-14;/h2-4,6-7,9-10,12,18-19,21H,5,8,11,13,20H2,1H3;1H/t18-,19-;/m1./s1. The van der Waals surface area contributed by atoms with Gasteiger partial charge in [-0.05, 0) is 43.1 Å². The maximum Gasteiger partial charge on any atom is 0.124 e. The van der Waals surface area contributed by atoms with Crippen LogP contribution in [0.5, 0.6) is 5.75 Å². The van der Waals surface area contributed by atoms with Gasteiger partial charge in [0.05, 0.1) is 25.9 Å². The van der Waals surface area contributed by atoms with Crippen molar-refractivity contribution in [3.05, 3.63) is 59.7 Å².